The van der Waals surface area contributed by atoms with E-state index in [1.807, 2.05) is 30.3 Å². The van der Waals surface area contributed by atoms with Crippen molar-refractivity contribution in [2.24, 2.45) is 0 Å². The molecular weight excluding hydrogens is 272 g/mol. The summed E-state index contributed by atoms with van der Waals surface area (Å²) in [5, 5.41) is 0. The molecule has 0 atom stereocenters. The van der Waals surface area contributed by atoms with E-state index in [2.05, 4.69) is 38.1 Å². The zero-order valence-electron chi connectivity index (χ0n) is 13.2. The molecule has 1 aliphatic carbocycles. The van der Waals surface area contributed by atoms with E-state index in [1.165, 1.54) is 23.8 Å². The lowest BCUT2D eigenvalue weighted by molar-refractivity contribution is 0.0600. The smallest absolute Gasteiger partial charge is 0.337 e. The van der Waals surface area contributed by atoms with Crippen molar-refractivity contribution < 1.29 is 9.53 Å². The fourth-order valence-corrected chi connectivity index (χ4v) is 3.07. The van der Waals surface area contributed by atoms with E-state index in [4.69, 9.17) is 4.74 Å². The highest BCUT2D eigenvalue weighted by molar-refractivity contribution is 5.93. The van der Waals surface area contributed by atoms with E-state index in [-0.39, 0.29) is 11.4 Å². The summed E-state index contributed by atoms with van der Waals surface area (Å²) in [5.74, 6) is -0.293. The first-order valence-corrected chi connectivity index (χ1v) is 7.52. The molecule has 0 aliphatic heterocycles. The minimum absolute atomic E-state index is 0.0717. The molecule has 1 aliphatic rings. The molecule has 0 amide bonds. The maximum Gasteiger partial charge on any atom is 0.337 e. The van der Waals surface area contributed by atoms with Crippen LogP contribution < -0.4 is 0 Å². The van der Waals surface area contributed by atoms with E-state index in [0.717, 1.165) is 12.0 Å². The number of ether oxygens (including phenoxy) is 1. The van der Waals surface area contributed by atoms with Crippen molar-refractivity contribution in [3.8, 4) is 0 Å². The number of rotatable bonds is 2. The summed E-state index contributed by atoms with van der Waals surface area (Å²) in [6.07, 6.45) is 3.26. The van der Waals surface area contributed by atoms with Gasteiger partial charge < -0.3 is 4.74 Å². The predicted molar refractivity (Wildman–Crippen MR) is 88.9 cm³/mol. The number of fused-ring (bicyclic) bond motifs is 1. The molecule has 0 spiro atoms. The number of carbonyl (C=O) groups is 1. The number of hydrogen-bond acceptors (Lipinski definition) is 2. The molecule has 0 aromatic heterocycles. The normalized spacial score (nSPS) is 15.7. The first kappa shape index (κ1) is 14.6. The second kappa shape index (κ2) is 5.45. The fraction of sp³-hybridized carbons (Fsp3) is 0.250. The highest BCUT2D eigenvalue weighted by Gasteiger charge is 2.29. The number of carbonyl (C=O) groups excluding carboxylic acids is 1. The SMILES string of the molecule is COC(=O)c1ccc2c(c1)C(c1ccccc1)=CCC2(C)C. The van der Waals surface area contributed by atoms with E-state index in [1.54, 1.807) is 0 Å². The van der Waals surface area contributed by atoms with Crippen molar-refractivity contribution in [1.29, 1.82) is 0 Å². The third kappa shape index (κ3) is 2.45. The first-order valence-electron chi connectivity index (χ1n) is 7.52. The van der Waals surface area contributed by atoms with Gasteiger partial charge in [-0.15, -0.1) is 0 Å². The molecule has 3 rings (SSSR count). The lowest BCUT2D eigenvalue weighted by atomic mass is 9.72. The molecule has 0 saturated carbocycles. The molecule has 0 saturated heterocycles. The van der Waals surface area contributed by atoms with Crippen LogP contribution in [0.2, 0.25) is 0 Å². The van der Waals surface area contributed by atoms with Crippen molar-refractivity contribution in [2.75, 3.05) is 7.11 Å². The topological polar surface area (TPSA) is 26.3 Å². The quantitative estimate of drug-likeness (QED) is 0.757. The van der Waals surface area contributed by atoms with Crippen LogP contribution in [0.15, 0.2) is 54.6 Å². The molecule has 2 aromatic rings. The van der Waals surface area contributed by atoms with Crippen molar-refractivity contribution >= 4 is 11.5 Å². The van der Waals surface area contributed by atoms with Gasteiger partial charge in [0.25, 0.3) is 0 Å². The van der Waals surface area contributed by atoms with Gasteiger partial charge in [0.1, 0.15) is 0 Å². The van der Waals surface area contributed by atoms with Crippen molar-refractivity contribution in [3.63, 3.8) is 0 Å². The van der Waals surface area contributed by atoms with Crippen LogP contribution in [0.3, 0.4) is 0 Å². The summed E-state index contributed by atoms with van der Waals surface area (Å²) >= 11 is 0. The van der Waals surface area contributed by atoms with Gasteiger partial charge in [-0.1, -0.05) is 56.3 Å². The maximum absolute atomic E-state index is 11.9. The Bertz CT molecular complexity index is 740. The van der Waals surface area contributed by atoms with Gasteiger partial charge in [-0.2, -0.15) is 0 Å². The van der Waals surface area contributed by atoms with E-state index in [9.17, 15) is 4.79 Å². The number of benzene rings is 2. The minimum Gasteiger partial charge on any atom is -0.465 e. The highest BCUT2D eigenvalue weighted by Crippen LogP contribution is 2.41. The molecular formula is C20H20O2. The molecule has 2 heteroatoms. The molecule has 0 unspecified atom stereocenters. The Morgan fingerprint density at radius 1 is 1.09 bits per heavy atom. The summed E-state index contributed by atoms with van der Waals surface area (Å²) in [4.78, 5) is 11.9. The van der Waals surface area contributed by atoms with Gasteiger partial charge in [-0.05, 0) is 46.2 Å². The zero-order valence-corrected chi connectivity index (χ0v) is 13.2. The Morgan fingerprint density at radius 3 is 2.50 bits per heavy atom. The van der Waals surface area contributed by atoms with Crippen LogP contribution in [0.4, 0.5) is 0 Å². The predicted octanol–water partition coefficient (Wildman–Crippen LogP) is 4.59. The Kier molecular flexibility index (Phi) is 3.61. The molecule has 0 radical (unpaired) electrons. The molecule has 0 fully saturated rings. The molecule has 0 heterocycles. The van der Waals surface area contributed by atoms with Crippen molar-refractivity contribution in [1.82, 2.24) is 0 Å². The third-order valence-corrected chi connectivity index (χ3v) is 4.36. The maximum atomic E-state index is 11.9. The lowest BCUT2D eigenvalue weighted by Crippen LogP contribution is -2.22. The second-order valence-electron chi connectivity index (χ2n) is 6.32. The van der Waals surface area contributed by atoms with E-state index >= 15 is 0 Å². The van der Waals surface area contributed by atoms with Crippen LogP contribution in [-0.2, 0) is 10.2 Å². The molecule has 0 N–H and O–H groups in total. The lowest BCUT2D eigenvalue weighted by Gasteiger charge is -2.32. The number of esters is 1. The molecule has 2 nitrogen and oxygen atoms in total. The Hall–Kier alpha value is -2.35. The van der Waals surface area contributed by atoms with Crippen LogP contribution >= 0.6 is 0 Å². The first-order chi connectivity index (χ1) is 10.5. The summed E-state index contributed by atoms with van der Waals surface area (Å²) < 4.78 is 4.86. The number of methoxy groups -OCH3 is 1. The van der Waals surface area contributed by atoms with Gasteiger partial charge >= 0.3 is 5.97 Å². The van der Waals surface area contributed by atoms with Gasteiger partial charge in [0.05, 0.1) is 12.7 Å². The van der Waals surface area contributed by atoms with Crippen molar-refractivity contribution in [3.05, 3.63) is 76.9 Å². The van der Waals surface area contributed by atoms with E-state index < -0.39 is 0 Å². The van der Waals surface area contributed by atoms with Crippen LogP contribution in [0, 0.1) is 0 Å². The average molecular weight is 292 g/mol. The summed E-state index contributed by atoms with van der Waals surface area (Å²) in [6, 6.07) is 16.2. The van der Waals surface area contributed by atoms with Crippen LogP contribution in [0.5, 0.6) is 0 Å². The fourth-order valence-electron chi connectivity index (χ4n) is 3.07. The van der Waals surface area contributed by atoms with Crippen molar-refractivity contribution in [2.45, 2.75) is 25.7 Å². The van der Waals surface area contributed by atoms with Gasteiger partial charge in [-0.25, -0.2) is 4.79 Å². The molecule has 112 valence electrons. The Balaban J connectivity index is 2.18. The van der Waals surface area contributed by atoms with E-state index in [0.29, 0.717) is 5.56 Å². The monoisotopic (exact) mass is 292 g/mol. The average Bonchev–Trinajstić information content (AvgIpc) is 2.54. The Morgan fingerprint density at radius 2 is 1.82 bits per heavy atom. The minimum atomic E-state index is -0.293. The molecule has 2 aromatic carbocycles. The highest BCUT2D eigenvalue weighted by atomic mass is 16.5. The Labute approximate surface area is 131 Å². The summed E-state index contributed by atoms with van der Waals surface area (Å²) in [6.45, 7) is 4.48. The molecule has 0 bridgehead atoms. The van der Waals surface area contributed by atoms with Crippen LogP contribution in [0.1, 0.15) is 47.3 Å². The second-order valence-corrected chi connectivity index (χ2v) is 6.32. The van der Waals surface area contributed by atoms with Gasteiger partial charge in [0.2, 0.25) is 0 Å². The zero-order chi connectivity index (χ0) is 15.7. The van der Waals surface area contributed by atoms with Crippen LogP contribution in [0.25, 0.3) is 5.57 Å². The summed E-state index contributed by atoms with van der Waals surface area (Å²) in [5.41, 5.74) is 5.46. The summed E-state index contributed by atoms with van der Waals surface area (Å²) in [7, 11) is 1.42. The number of hydrogen-bond donors (Lipinski definition) is 0. The molecule has 22 heavy (non-hydrogen) atoms. The van der Waals surface area contributed by atoms with Gasteiger partial charge in [0.15, 0.2) is 0 Å². The van der Waals surface area contributed by atoms with Gasteiger partial charge in [0, 0.05) is 0 Å². The van der Waals surface area contributed by atoms with Crippen LogP contribution in [-0.4, -0.2) is 13.1 Å². The van der Waals surface area contributed by atoms with Gasteiger partial charge in [-0.3, -0.25) is 0 Å². The third-order valence-electron chi connectivity index (χ3n) is 4.36. The largest absolute Gasteiger partial charge is 0.465 e. The standard InChI is InChI=1S/C20H20O2/c1-20(2)12-11-16(14-7-5-4-6-8-14)17-13-15(19(21)22-3)9-10-18(17)20/h4-11,13H,12H2,1-3H3. The number of allylic oxidation sites excluding steroid dienone is 1.